The van der Waals surface area contributed by atoms with Gasteiger partial charge in [0.25, 0.3) is 5.91 Å². The smallest absolute Gasteiger partial charge is 0.254 e. The fourth-order valence-electron chi connectivity index (χ4n) is 2.90. The van der Waals surface area contributed by atoms with Gasteiger partial charge in [0.15, 0.2) is 0 Å². The second kappa shape index (κ2) is 6.72. The first-order chi connectivity index (χ1) is 11.9. The molecule has 0 spiro atoms. The first-order valence-electron chi connectivity index (χ1n) is 8.04. The highest BCUT2D eigenvalue weighted by Crippen LogP contribution is 2.25. The summed E-state index contributed by atoms with van der Waals surface area (Å²) in [5, 5.41) is 13.4. The lowest BCUT2D eigenvalue weighted by atomic mass is 10.0. The molecule has 1 saturated heterocycles. The van der Waals surface area contributed by atoms with Gasteiger partial charge in [0.2, 0.25) is 0 Å². The lowest BCUT2D eigenvalue weighted by Crippen LogP contribution is -2.45. The fourth-order valence-corrected chi connectivity index (χ4v) is 2.90. The van der Waals surface area contributed by atoms with Gasteiger partial charge in [0, 0.05) is 25.8 Å². The van der Waals surface area contributed by atoms with Crippen molar-refractivity contribution in [3.8, 4) is 0 Å². The Morgan fingerprint density at radius 2 is 2.16 bits per heavy atom. The third kappa shape index (κ3) is 3.90. The SMILES string of the molecule is Cc1ncc(C(=O)NCC2(O)CCN(c3ccc(F)cn3)C2)c(C)n1. The number of amides is 1. The average molecular weight is 345 g/mol. The van der Waals surface area contributed by atoms with Crippen LogP contribution in [0.2, 0.25) is 0 Å². The maximum Gasteiger partial charge on any atom is 0.254 e. The molecular formula is C17H20FN5O2. The Bertz CT molecular complexity index is 783. The number of aliphatic hydroxyl groups is 1. The number of halogens is 1. The second-order valence-corrected chi connectivity index (χ2v) is 6.33. The molecule has 132 valence electrons. The van der Waals surface area contributed by atoms with Gasteiger partial charge < -0.3 is 15.3 Å². The molecule has 0 aromatic carbocycles. The number of nitrogens with one attached hydrogen (secondary N) is 1. The van der Waals surface area contributed by atoms with E-state index in [1.807, 2.05) is 4.90 Å². The largest absolute Gasteiger partial charge is 0.386 e. The maximum atomic E-state index is 13.0. The molecule has 3 rings (SSSR count). The van der Waals surface area contributed by atoms with Crippen molar-refractivity contribution in [2.24, 2.45) is 0 Å². The Kier molecular flexibility index (Phi) is 4.63. The van der Waals surface area contributed by atoms with Crippen molar-refractivity contribution in [3.05, 3.63) is 47.4 Å². The Morgan fingerprint density at radius 1 is 1.36 bits per heavy atom. The minimum absolute atomic E-state index is 0.108. The predicted octanol–water partition coefficient (Wildman–Crippen LogP) is 0.999. The molecule has 1 aliphatic heterocycles. The third-order valence-corrected chi connectivity index (χ3v) is 4.29. The lowest BCUT2D eigenvalue weighted by molar-refractivity contribution is 0.0575. The zero-order valence-corrected chi connectivity index (χ0v) is 14.2. The molecule has 1 amide bonds. The van der Waals surface area contributed by atoms with E-state index in [2.05, 4.69) is 20.3 Å². The van der Waals surface area contributed by atoms with Crippen molar-refractivity contribution in [2.75, 3.05) is 24.5 Å². The molecule has 8 heteroatoms. The Morgan fingerprint density at radius 3 is 2.84 bits per heavy atom. The van der Waals surface area contributed by atoms with Crippen molar-refractivity contribution in [3.63, 3.8) is 0 Å². The van der Waals surface area contributed by atoms with E-state index in [0.29, 0.717) is 42.4 Å². The van der Waals surface area contributed by atoms with Crippen LogP contribution in [0.15, 0.2) is 24.5 Å². The number of aromatic nitrogens is 3. The number of hydrogen-bond acceptors (Lipinski definition) is 6. The van der Waals surface area contributed by atoms with E-state index in [1.165, 1.54) is 12.3 Å². The topological polar surface area (TPSA) is 91.2 Å². The first kappa shape index (κ1) is 17.2. The third-order valence-electron chi connectivity index (χ3n) is 4.29. The van der Waals surface area contributed by atoms with Crippen LogP contribution in [-0.2, 0) is 0 Å². The van der Waals surface area contributed by atoms with Crippen LogP contribution in [0.3, 0.4) is 0 Å². The molecule has 0 radical (unpaired) electrons. The molecule has 3 heterocycles. The summed E-state index contributed by atoms with van der Waals surface area (Å²) in [5.74, 6) is 0.489. The number of β-amino-alcohol motifs (C(OH)–C–C–N with tert-alkyl or cyclic N) is 1. The molecular weight excluding hydrogens is 325 g/mol. The van der Waals surface area contributed by atoms with Gasteiger partial charge in [-0.2, -0.15) is 0 Å². The zero-order chi connectivity index (χ0) is 18.0. The summed E-state index contributed by atoms with van der Waals surface area (Å²) in [4.78, 5) is 26.4. The number of hydrogen-bond donors (Lipinski definition) is 2. The van der Waals surface area contributed by atoms with Crippen molar-refractivity contribution in [1.82, 2.24) is 20.3 Å². The Balaban J connectivity index is 1.61. The normalized spacial score (nSPS) is 19.9. The van der Waals surface area contributed by atoms with Crippen LogP contribution < -0.4 is 10.2 Å². The van der Waals surface area contributed by atoms with Crippen LogP contribution in [0.1, 0.15) is 28.3 Å². The minimum atomic E-state index is -1.06. The van der Waals surface area contributed by atoms with Crippen molar-refractivity contribution < 1.29 is 14.3 Å². The number of pyridine rings is 1. The molecule has 25 heavy (non-hydrogen) atoms. The van der Waals surface area contributed by atoms with Gasteiger partial charge in [-0.05, 0) is 32.4 Å². The van der Waals surface area contributed by atoms with Crippen LogP contribution in [-0.4, -0.2) is 51.2 Å². The minimum Gasteiger partial charge on any atom is -0.386 e. The van der Waals surface area contributed by atoms with Gasteiger partial charge in [-0.25, -0.2) is 19.3 Å². The van der Waals surface area contributed by atoms with E-state index in [9.17, 15) is 14.3 Å². The van der Waals surface area contributed by atoms with Crippen LogP contribution in [0.5, 0.6) is 0 Å². The van der Waals surface area contributed by atoms with E-state index in [-0.39, 0.29) is 12.5 Å². The molecule has 1 atom stereocenters. The van der Waals surface area contributed by atoms with Gasteiger partial charge >= 0.3 is 0 Å². The van der Waals surface area contributed by atoms with E-state index in [1.54, 1.807) is 19.9 Å². The van der Waals surface area contributed by atoms with E-state index >= 15 is 0 Å². The number of carbonyl (C=O) groups is 1. The van der Waals surface area contributed by atoms with Crippen LogP contribution in [0.25, 0.3) is 0 Å². The summed E-state index contributed by atoms with van der Waals surface area (Å²) in [6, 6.07) is 2.91. The second-order valence-electron chi connectivity index (χ2n) is 6.33. The summed E-state index contributed by atoms with van der Waals surface area (Å²) < 4.78 is 13.0. The van der Waals surface area contributed by atoms with Crippen molar-refractivity contribution >= 4 is 11.7 Å². The Labute approximate surface area is 144 Å². The highest BCUT2D eigenvalue weighted by molar-refractivity contribution is 5.94. The molecule has 2 aromatic rings. The molecule has 2 aromatic heterocycles. The Hall–Kier alpha value is -2.61. The van der Waals surface area contributed by atoms with Gasteiger partial charge in [-0.15, -0.1) is 0 Å². The molecule has 1 fully saturated rings. The number of anilines is 1. The fraction of sp³-hybridized carbons (Fsp3) is 0.412. The number of carbonyl (C=O) groups excluding carboxylic acids is 1. The highest BCUT2D eigenvalue weighted by atomic mass is 19.1. The average Bonchev–Trinajstić information content (AvgIpc) is 2.96. The van der Waals surface area contributed by atoms with Gasteiger partial charge in [0.05, 0.1) is 17.5 Å². The molecule has 1 unspecified atom stereocenters. The molecule has 2 N–H and O–H groups in total. The quantitative estimate of drug-likeness (QED) is 0.859. The molecule has 0 bridgehead atoms. The standard InChI is InChI=1S/C17H20FN5O2/c1-11-14(8-19-12(2)22-11)16(24)21-9-17(25)5-6-23(10-17)15-4-3-13(18)7-20-15/h3-4,7-8,25H,5-6,9-10H2,1-2H3,(H,21,24). The van der Waals surface area contributed by atoms with Crippen molar-refractivity contribution in [2.45, 2.75) is 25.9 Å². The zero-order valence-electron chi connectivity index (χ0n) is 14.2. The van der Waals surface area contributed by atoms with E-state index < -0.39 is 11.4 Å². The predicted molar refractivity (Wildman–Crippen MR) is 89.8 cm³/mol. The summed E-state index contributed by atoms with van der Waals surface area (Å²) in [5.41, 5.74) is -0.0737. The van der Waals surface area contributed by atoms with Crippen LogP contribution in [0.4, 0.5) is 10.2 Å². The van der Waals surface area contributed by atoms with Crippen LogP contribution in [0, 0.1) is 19.7 Å². The van der Waals surface area contributed by atoms with Crippen molar-refractivity contribution in [1.29, 1.82) is 0 Å². The number of nitrogens with zero attached hydrogens (tertiary/aromatic N) is 4. The van der Waals surface area contributed by atoms with Gasteiger partial charge in [-0.1, -0.05) is 0 Å². The first-order valence-corrected chi connectivity index (χ1v) is 8.04. The van der Waals surface area contributed by atoms with Gasteiger partial charge in [-0.3, -0.25) is 4.79 Å². The monoisotopic (exact) mass is 345 g/mol. The van der Waals surface area contributed by atoms with Crippen LogP contribution >= 0.6 is 0 Å². The summed E-state index contributed by atoms with van der Waals surface area (Å²) in [6.07, 6.45) is 3.12. The summed E-state index contributed by atoms with van der Waals surface area (Å²) >= 11 is 0. The summed E-state index contributed by atoms with van der Waals surface area (Å²) in [7, 11) is 0. The highest BCUT2D eigenvalue weighted by Gasteiger charge is 2.37. The number of rotatable bonds is 4. The molecule has 0 aliphatic carbocycles. The maximum absolute atomic E-state index is 13.0. The molecule has 0 saturated carbocycles. The summed E-state index contributed by atoms with van der Waals surface area (Å²) in [6.45, 7) is 4.51. The molecule has 1 aliphatic rings. The van der Waals surface area contributed by atoms with E-state index in [0.717, 1.165) is 6.20 Å². The van der Waals surface area contributed by atoms with E-state index in [4.69, 9.17) is 0 Å². The van der Waals surface area contributed by atoms with Gasteiger partial charge in [0.1, 0.15) is 23.1 Å². The lowest BCUT2D eigenvalue weighted by Gasteiger charge is -2.24. The molecule has 7 nitrogen and oxygen atoms in total. The number of aryl methyl sites for hydroxylation is 2.